The van der Waals surface area contributed by atoms with Gasteiger partial charge in [0.25, 0.3) is 16.0 Å². The molecule has 2 aromatic carbocycles. The third-order valence-corrected chi connectivity index (χ3v) is 7.36. The summed E-state index contributed by atoms with van der Waals surface area (Å²) in [5.74, 6) is 0.796. The summed E-state index contributed by atoms with van der Waals surface area (Å²) in [6, 6.07) is 12.4. The average molecular weight is 443 g/mol. The van der Waals surface area contributed by atoms with Crippen molar-refractivity contribution in [1.29, 1.82) is 0 Å². The normalized spacial score (nSPS) is 16.4. The van der Waals surface area contributed by atoms with Crippen molar-refractivity contribution in [2.45, 2.75) is 62.9 Å². The highest BCUT2D eigenvalue weighted by Gasteiger charge is 2.19. The third-order valence-electron chi connectivity index (χ3n) is 6.00. The Kier molecular flexibility index (Phi) is 6.48. The molecule has 4 rings (SSSR count). The second-order valence-electron chi connectivity index (χ2n) is 8.47. The van der Waals surface area contributed by atoms with E-state index in [0.717, 1.165) is 17.9 Å². The van der Waals surface area contributed by atoms with E-state index in [0.29, 0.717) is 29.4 Å². The van der Waals surface area contributed by atoms with Crippen LogP contribution < -0.4 is 15.8 Å². The highest BCUT2D eigenvalue weighted by Crippen LogP contribution is 2.28. The minimum Gasteiger partial charge on any atom is -0.424 e. The molecule has 1 aliphatic carbocycles. The van der Waals surface area contributed by atoms with Gasteiger partial charge in [0.15, 0.2) is 5.58 Å². The van der Waals surface area contributed by atoms with Crippen molar-refractivity contribution in [3.63, 3.8) is 0 Å². The molecule has 0 amide bonds. The Morgan fingerprint density at radius 3 is 2.74 bits per heavy atom. The first kappa shape index (κ1) is 21.6. The van der Waals surface area contributed by atoms with Gasteiger partial charge in [-0.1, -0.05) is 50.3 Å². The van der Waals surface area contributed by atoms with Gasteiger partial charge in [-0.2, -0.15) is 4.98 Å². The summed E-state index contributed by atoms with van der Waals surface area (Å²) in [7, 11) is -3.79. The van der Waals surface area contributed by atoms with Crippen molar-refractivity contribution < 1.29 is 12.8 Å². The van der Waals surface area contributed by atoms with Gasteiger partial charge in [0.2, 0.25) is 0 Å². The minimum absolute atomic E-state index is 0.0104. The van der Waals surface area contributed by atoms with Gasteiger partial charge in [0.05, 0.1) is 10.6 Å². The number of nitrogens with one attached hydrogen (secondary N) is 2. The summed E-state index contributed by atoms with van der Waals surface area (Å²) in [4.78, 5) is 4.11. The molecule has 0 unspecified atom stereocenters. The van der Waals surface area contributed by atoms with Gasteiger partial charge >= 0.3 is 0 Å². The molecule has 0 aliphatic heterocycles. The van der Waals surface area contributed by atoms with Gasteiger partial charge in [-0.05, 0) is 43.0 Å². The maximum absolute atomic E-state index is 13.0. The van der Waals surface area contributed by atoms with Gasteiger partial charge in [0, 0.05) is 18.7 Å². The van der Waals surface area contributed by atoms with E-state index in [-0.39, 0.29) is 10.9 Å². The maximum atomic E-state index is 13.0. The number of sulfonamides is 1. The average Bonchev–Trinajstić information content (AvgIpc) is 3.13. The smallest absolute Gasteiger partial charge is 0.292 e. The van der Waals surface area contributed by atoms with Gasteiger partial charge in [-0.3, -0.25) is 4.72 Å². The third kappa shape index (κ3) is 5.37. The second kappa shape index (κ2) is 9.28. The molecule has 1 aromatic heterocycles. The molecule has 1 atom stereocenters. The fraction of sp³-hybridized carbons (Fsp3) is 0.435. The maximum Gasteiger partial charge on any atom is 0.292 e. The van der Waals surface area contributed by atoms with E-state index in [1.165, 1.54) is 44.2 Å². The van der Waals surface area contributed by atoms with E-state index < -0.39 is 10.0 Å². The van der Waals surface area contributed by atoms with Crippen molar-refractivity contribution in [1.82, 2.24) is 10.3 Å². The van der Waals surface area contributed by atoms with Crippen LogP contribution in [-0.4, -0.2) is 19.4 Å². The number of hydrogen-bond donors (Lipinski definition) is 3. The van der Waals surface area contributed by atoms with E-state index in [1.807, 2.05) is 18.2 Å². The standard InChI is InChI=1S/C23H30N4O3S/c1-16(13-17-7-3-2-4-8-17)25-15-18-9-5-6-10-20(18)27-31(28,29)19-11-12-21-22(14-19)30-23(24)26-21/h5-6,9-12,14,16-17,25,27H,2-4,7-8,13,15H2,1H3,(H2,24,26)/t16-/m0/s1. The lowest BCUT2D eigenvalue weighted by Crippen LogP contribution is -2.29. The predicted octanol–water partition coefficient (Wildman–Crippen LogP) is 4.66. The first-order chi connectivity index (χ1) is 14.9. The molecule has 8 heteroatoms. The Bertz CT molecular complexity index is 1140. The molecule has 7 nitrogen and oxygen atoms in total. The van der Waals surface area contributed by atoms with Crippen LogP contribution in [0.25, 0.3) is 11.1 Å². The minimum atomic E-state index is -3.79. The molecule has 4 N–H and O–H groups in total. The highest BCUT2D eigenvalue weighted by atomic mass is 32.2. The number of nitrogens with two attached hydrogens (primary N) is 1. The first-order valence-corrected chi connectivity index (χ1v) is 12.4. The summed E-state index contributed by atoms with van der Waals surface area (Å²) in [5, 5.41) is 3.57. The monoisotopic (exact) mass is 442 g/mol. The van der Waals surface area contributed by atoms with Crippen LogP contribution >= 0.6 is 0 Å². The van der Waals surface area contributed by atoms with E-state index in [9.17, 15) is 8.42 Å². The molecule has 31 heavy (non-hydrogen) atoms. The molecule has 0 spiro atoms. The summed E-state index contributed by atoms with van der Waals surface area (Å²) in [5.41, 5.74) is 7.90. The Hall–Kier alpha value is -2.58. The van der Waals surface area contributed by atoms with Gasteiger partial charge < -0.3 is 15.5 Å². The zero-order chi connectivity index (χ0) is 21.8. The number of para-hydroxylation sites is 1. The zero-order valence-electron chi connectivity index (χ0n) is 17.8. The van der Waals surface area contributed by atoms with E-state index in [1.54, 1.807) is 12.1 Å². The van der Waals surface area contributed by atoms with Crippen molar-refractivity contribution in [3.05, 3.63) is 48.0 Å². The lowest BCUT2D eigenvalue weighted by Gasteiger charge is -2.25. The number of benzene rings is 2. The largest absolute Gasteiger partial charge is 0.424 e. The van der Waals surface area contributed by atoms with Gasteiger partial charge in [0.1, 0.15) is 5.52 Å². The van der Waals surface area contributed by atoms with Crippen molar-refractivity contribution in [2.75, 3.05) is 10.5 Å². The summed E-state index contributed by atoms with van der Waals surface area (Å²) in [6.45, 7) is 2.81. The fourth-order valence-corrected chi connectivity index (χ4v) is 5.47. The lowest BCUT2D eigenvalue weighted by atomic mass is 9.85. The Morgan fingerprint density at radius 2 is 1.94 bits per heavy atom. The number of nitrogens with zero attached hydrogens (tertiary/aromatic N) is 1. The Balaban J connectivity index is 1.44. The highest BCUT2D eigenvalue weighted by molar-refractivity contribution is 7.92. The van der Waals surface area contributed by atoms with Crippen LogP contribution in [0.4, 0.5) is 11.7 Å². The fourth-order valence-electron chi connectivity index (χ4n) is 4.36. The van der Waals surface area contributed by atoms with Crippen molar-refractivity contribution in [3.8, 4) is 0 Å². The van der Waals surface area contributed by atoms with E-state index in [4.69, 9.17) is 10.2 Å². The van der Waals surface area contributed by atoms with Crippen LogP contribution in [-0.2, 0) is 16.6 Å². The number of oxazole rings is 1. The number of fused-ring (bicyclic) bond motifs is 1. The summed E-state index contributed by atoms with van der Waals surface area (Å²) >= 11 is 0. The Labute approximate surface area is 183 Å². The number of aromatic nitrogens is 1. The molecule has 1 saturated carbocycles. The number of hydrogen-bond acceptors (Lipinski definition) is 6. The molecule has 1 aliphatic rings. The second-order valence-corrected chi connectivity index (χ2v) is 10.1. The summed E-state index contributed by atoms with van der Waals surface area (Å²) in [6.07, 6.45) is 7.85. The SMILES string of the molecule is C[C@@H](CC1CCCCC1)NCc1ccccc1NS(=O)(=O)c1ccc2nc(N)oc2c1. The van der Waals surface area contributed by atoms with Crippen LogP contribution in [0.5, 0.6) is 0 Å². The first-order valence-electron chi connectivity index (χ1n) is 10.9. The summed E-state index contributed by atoms with van der Waals surface area (Å²) < 4.78 is 33.9. The molecule has 0 bridgehead atoms. The van der Waals surface area contributed by atoms with Crippen LogP contribution in [0.2, 0.25) is 0 Å². The zero-order valence-corrected chi connectivity index (χ0v) is 18.6. The lowest BCUT2D eigenvalue weighted by molar-refractivity contribution is 0.305. The number of nitrogen functional groups attached to an aromatic ring is 1. The molecular formula is C23H30N4O3S. The van der Waals surface area contributed by atoms with Crippen molar-refractivity contribution in [2.24, 2.45) is 5.92 Å². The molecule has 1 fully saturated rings. The van der Waals surface area contributed by atoms with Crippen LogP contribution in [0, 0.1) is 5.92 Å². The van der Waals surface area contributed by atoms with Crippen LogP contribution in [0.3, 0.4) is 0 Å². The molecule has 3 aromatic rings. The Morgan fingerprint density at radius 1 is 1.16 bits per heavy atom. The predicted molar refractivity (Wildman–Crippen MR) is 123 cm³/mol. The number of rotatable bonds is 8. The molecular weight excluding hydrogens is 412 g/mol. The van der Waals surface area contributed by atoms with Gasteiger partial charge in [-0.25, -0.2) is 8.42 Å². The quantitative estimate of drug-likeness (QED) is 0.468. The van der Waals surface area contributed by atoms with Crippen LogP contribution in [0.1, 0.15) is 51.0 Å². The molecule has 0 saturated heterocycles. The van der Waals surface area contributed by atoms with Gasteiger partial charge in [-0.15, -0.1) is 0 Å². The van der Waals surface area contributed by atoms with Crippen LogP contribution in [0.15, 0.2) is 51.8 Å². The molecule has 0 radical (unpaired) electrons. The van der Waals surface area contributed by atoms with E-state index >= 15 is 0 Å². The number of anilines is 2. The van der Waals surface area contributed by atoms with Crippen molar-refractivity contribution >= 4 is 32.8 Å². The topological polar surface area (TPSA) is 110 Å². The molecule has 166 valence electrons. The van der Waals surface area contributed by atoms with E-state index in [2.05, 4.69) is 21.9 Å². The molecule has 1 heterocycles.